The normalized spacial score (nSPS) is 13.5. The van der Waals surface area contributed by atoms with Crippen LogP contribution in [0.1, 0.15) is 34.3 Å². The Bertz CT molecular complexity index is 1040. The van der Waals surface area contributed by atoms with Gasteiger partial charge in [-0.15, -0.1) is 0 Å². The van der Waals surface area contributed by atoms with E-state index in [1.807, 2.05) is 72.8 Å². The van der Waals surface area contributed by atoms with Crippen molar-refractivity contribution in [1.29, 1.82) is 0 Å². The largest absolute Gasteiger partial charge is 0.488 e. The van der Waals surface area contributed by atoms with Gasteiger partial charge in [-0.3, -0.25) is 4.79 Å². The minimum Gasteiger partial charge on any atom is -0.488 e. The molecule has 1 heterocycles. The van der Waals surface area contributed by atoms with Gasteiger partial charge in [0.05, 0.1) is 6.21 Å². The molecule has 31 heavy (non-hydrogen) atoms. The summed E-state index contributed by atoms with van der Waals surface area (Å²) in [6, 6.07) is 23.3. The molecule has 0 radical (unpaired) electrons. The molecule has 1 aliphatic rings. The van der Waals surface area contributed by atoms with Crippen molar-refractivity contribution in [3.8, 4) is 5.75 Å². The van der Waals surface area contributed by atoms with Gasteiger partial charge in [0.2, 0.25) is 0 Å². The standard InChI is InChI=1S/C25H24BrN3O2/c26-22-11-7-19(8-12-22)18-31-24-6-2-1-5-21(24)17-27-28-25(30)20-9-13-23(14-10-20)29-15-3-4-16-29/h1-2,5-14,17H,3-4,15-16,18H2,(H,28,30)/b27-17-. The summed E-state index contributed by atoms with van der Waals surface area (Å²) in [7, 11) is 0. The highest BCUT2D eigenvalue weighted by atomic mass is 79.9. The third-order valence-corrected chi connectivity index (χ3v) is 5.73. The molecule has 0 unspecified atom stereocenters. The lowest BCUT2D eigenvalue weighted by Crippen LogP contribution is -2.19. The number of hydrogen-bond donors (Lipinski definition) is 1. The molecular weight excluding hydrogens is 454 g/mol. The van der Waals surface area contributed by atoms with Crippen molar-refractivity contribution in [2.75, 3.05) is 18.0 Å². The number of rotatable bonds is 7. The first-order valence-corrected chi connectivity index (χ1v) is 11.1. The number of nitrogens with one attached hydrogen (secondary N) is 1. The summed E-state index contributed by atoms with van der Waals surface area (Å²) in [6.45, 7) is 2.62. The predicted octanol–water partition coefficient (Wildman–Crippen LogP) is 5.39. The van der Waals surface area contributed by atoms with Gasteiger partial charge < -0.3 is 9.64 Å². The molecule has 158 valence electrons. The molecule has 1 aliphatic heterocycles. The quantitative estimate of drug-likeness (QED) is 0.366. The van der Waals surface area contributed by atoms with Crippen LogP contribution < -0.4 is 15.1 Å². The molecule has 1 amide bonds. The molecule has 0 spiro atoms. The molecule has 1 saturated heterocycles. The van der Waals surface area contributed by atoms with Gasteiger partial charge in [0.1, 0.15) is 12.4 Å². The number of hydrogen-bond acceptors (Lipinski definition) is 4. The Labute approximate surface area is 190 Å². The van der Waals surface area contributed by atoms with Gasteiger partial charge in [-0.2, -0.15) is 5.10 Å². The lowest BCUT2D eigenvalue weighted by molar-refractivity contribution is 0.0955. The van der Waals surface area contributed by atoms with Crippen molar-refractivity contribution >= 4 is 33.7 Å². The number of ether oxygens (including phenoxy) is 1. The van der Waals surface area contributed by atoms with Crippen molar-refractivity contribution in [3.63, 3.8) is 0 Å². The maximum Gasteiger partial charge on any atom is 0.271 e. The second-order valence-corrected chi connectivity index (χ2v) is 8.31. The predicted molar refractivity (Wildman–Crippen MR) is 128 cm³/mol. The minimum absolute atomic E-state index is 0.238. The highest BCUT2D eigenvalue weighted by molar-refractivity contribution is 9.10. The number of carbonyl (C=O) groups excluding carboxylic acids is 1. The third-order valence-electron chi connectivity index (χ3n) is 5.20. The molecule has 0 saturated carbocycles. The molecule has 0 bridgehead atoms. The van der Waals surface area contributed by atoms with Crippen LogP contribution in [0.2, 0.25) is 0 Å². The van der Waals surface area contributed by atoms with Crippen LogP contribution in [0.4, 0.5) is 5.69 Å². The van der Waals surface area contributed by atoms with E-state index in [9.17, 15) is 4.79 Å². The van der Waals surface area contributed by atoms with Gasteiger partial charge in [-0.25, -0.2) is 5.43 Å². The fourth-order valence-electron chi connectivity index (χ4n) is 3.48. The van der Waals surface area contributed by atoms with Gasteiger partial charge >= 0.3 is 0 Å². The lowest BCUT2D eigenvalue weighted by atomic mass is 10.2. The second kappa shape index (κ2) is 10.3. The number of carbonyl (C=O) groups is 1. The summed E-state index contributed by atoms with van der Waals surface area (Å²) in [5, 5.41) is 4.12. The molecule has 1 N–H and O–H groups in total. The zero-order chi connectivity index (χ0) is 21.5. The molecule has 5 nitrogen and oxygen atoms in total. The zero-order valence-electron chi connectivity index (χ0n) is 17.1. The Balaban J connectivity index is 1.35. The van der Waals surface area contributed by atoms with Crippen molar-refractivity contribution in [2.45, 2.75) is 19.4 Å². The summed E-state index contributed by atoms with van der Waals surface area (Å²) < 4.78 is 6.98. The molecule has 3 aromatic rings. The maximum absolute atomic E-state index is 12.4. The summed E-state index contributed by atoms with van der Waals surface area (Å²) >= 11 is 3.43. The van der Waals surface area contributed by atoms with Gasteiger partial charge in [-0.05, 0) is 66.9 Å². The van der Waals surface area contributed by atoms with E-state index in [0.29, 0.717) is 17.9 Å². The average Bonchev–Trinajstić information content (AvgIpc) is 3.34. The van der Waals surface area contributed by atoms with E-state index in [2.05, 4.69) is 31.4 Å². The molecule has 3 aromatic carbocycles. The van der Waals surface area contributed by atoms with Gasteiger partial charge in [0, 0.05) is 34.4 Å². The first-order chi connectivity index (χ1) is 15.2. The summed E-state index contributed by atoms with van der Waals surface area (Å²) in [5.74, 6) is 0.468. The zero-order valence-corrected chi connectivity index (χ0v) is 18.7. The molecule has 0 atom stereocenters. The SMILES string of the molecule is O=C(N/N=C\c1ccccc1OCc1ccc(Br)cc1)c1ccc(N2CCCC2)cc1. The van der Waals surface area contributed by atoms with Crippen LogP contribution in [-0.2, 0) is 6.61 Å². The number of nitrogens with zero attached hydrogens (tertiary/aromatic N) is 2. The smallest absolute Gasteiger partial charge is 0.271 e. The monoisotopic (exact) mass is 477 g/mol. The molecule has 0 aliphatic carbocycles. The minimum atomic E-state index is -0.238. The number of anilines is 1. The van der Waals surface area contributed by atoms with Crippen LogP contribution in [0, 0.1) is 0 Å². The van der Waals surface area contributed by atoms with E-state index in [4.69, 9.17) is 4.74 Å². The van der Waals surface area contributed by atoms with Gasteiger partial charge in [0.15, 0.2) is 0 Å². The van der Waals surface area contributed by atoms with Crippen molar-refractivity contribution in [3.05, 3.63) is 94.0 Å². The van der Waals surface area contributed by atoms with Crippen molar-refractivity contribution < 1.29 is 9.53 Å². The molecule has 6 heteroatoms. The summed E-state index contributed by atoms with van der Waals surface area (Å²) in [5.41, 5.74) is 6.21. The molecule has 4 rings (SSSR count). The number of benzene rings is 3. The van der Waals surface area contributed by atoms with Crippen molar-refractivity contribution in [1.82, 2.24) is 5.43 Å². The summed E-state index contributed by atoms with van der Waals surface area (Å²) in [6.07, 6.45) is 4.06. The third kappa shape index (κ3) is 5.73. The van der Waals surface area contributed by atoms with E-state index in [1.165, 1.54) is 12.8 Å². The van der Waals surface area contributed by atoms with E-state index in [0.717, 1.165) is 34.4 Å². The average molecular weight is 478 g/mol. The van der Waals surface area contributed by atoms with Crippen LogP contribution in [0.15, 0.2) is 82.4 Å². The Morgan fingerprint density at radius 3 is 2.45 bits per heavy atom. The van der Waals surface area contributed by atoms with Gasteiger partial charge in [0.25, 0.3) is 5.91 Å². The molecule has 0 aromatic heterocycles. The first kappa shape index (κ1) is 21.1. The van der Waals surface area contributed by atoms with Crippen LogP contribution in [0.5, 0.6) is 5.75 Å². The van der Waals surface area contributed by atoms with E-state index in [1.54, 1.807) is 6.21 Å². The number of para-hydroxylation sites is 1. The van der Waals surface area contributed by atoms with Gasteiger partial charge in [-0.1, -0.05) is 40.2 Å². The number of halogens is 1. The van der Waals surface area contributed by atoms with E-state index < -0.39 is 0 Å². The Morgan fingerprint density at radius 1 is 1.00 bits per heavy atom. The first-order valence-electron chi connectivity index (χ1n) is 10.3. The van der Waals surface area contributed by atoms with Crippen LogP contribution in [0.3, 0.4) is 0 Å². The topological polar surface area (TPSA) is 53.9 Å². The van der Waals surface area contributed by atoms with E-state index in [-0.39, 0.29) is 5.91 Å². The second-order valence-electron chi connectivity index (χ2n) is 7.39. The highest BCUT2D eigenvalue weighted by Gasteiger charge is 2.13. The van der Waals surface area contributed by atoms with Crippen LogP contribution in [-0.4, -0.2) is 25.2 Å². The number of amides is 1. The molecule has 1 fully saturated rings. The summed E-state index contributed by atoms with van der Waals surface area (Å²) in [4.78, 5) is 14.8. The van der Waals surface area contributed by atoms with Crippen LogP contribution >= 0.6 is 15.9 Å². The Hall–Kier alpha value is -3.12. The molecular formula is C25H24BrN3O2. The fourth-order valence-corrected chi connectivity index (χ4v) is 3.75. The van der Waals surface area contributed by atoms with Crippen molar-refractivity contribution in [2.24, 2.45) is 5.10 Å². The Kier molecular flexibility index (Phi) is 6.99. The number of hydrazone groups is 1. The maximum atomic E-state index is 12.4. The highest BCUT2D eigenvalue weighted by Crippen LogP contribution is 2.21. The lowest BCUT2D eigenvalue weighted by Gasteiger charge is -2.17. The fraction of sp³-hybridized carbons (Fsp3) is 0.200. The van der Waals surface area contributed by atoms with Crippen LogP contribution in [0.25, 0.3) is 0 Å². The Morgan fingerprint density at radius 2 is 1.71 bits per heavy atom. The van der Waals surface area contributed by atoms with E-state index >= 15 is 0 Å².